The van der Waals surface area contributed by atoms with Crippen LogP contribution in [0.25, 0.3) is 11.1 Å². The summed E-state index contributed by atoms with van der Waals surface area (Å²) in [6, 6.07) is 7.79. The highest BCUT2D eigenvalue weighted by atomic mass is 16.5. The molecule has 2 aromatic rings. The second kappa shape index (κ2) is 9.16. The van der Waals surface area contributed by atoms with Gasteiger partial charge in [-0.2, -0.15) is 0 Å². The van der Waals surface area contributed by atoms with Gasteiger partial charge in [0.2, 0.25) is 0 Å². The molecule has 144 valence electrons. The lowest BCUT2D eigenvalue weighted by atomic mass is 9.95. The van der Waals surface area contributed by atoms with E-state index in [4.69, 9.17) is 15.2 Å². The molecular formula is C20H23NO6. The first-order valence-corrected chi connectivity index (χ1v) is 8.26. The molecule has 7 heteroatoms. The summed E-state index contributed by atoms with van der Waals surface area (Å²) < 4.78 is 15.6. The summed E-state index contributed by atoms with van der Waals surface area (Å²) in [7, 11) is 4.30. The van der Waals surface area contributed by atoms with E-state index in [1.54, 1.807) is 24.3 Å². The number of nitrogens with two attached hydrogens (primary N) is 1. The molecule has 0 aliphatic heterocycles. The number of ether oxygens (including phenoxy) is 3. The minimum Gasteiger partial charge on any atom is -0.496 e. The molecule has 2 rings (SSSR count). The molecule has 0 saturated heterocycles. The van der Waals surface area contributed by atoms with Crippen LogP contribution in [0.4, 0.5) is 0 Å². The Kier molecular flexibility index (Phi) is 6.92. The van der Waals surface area contributed by atoms with E-state index in [-0.39, 0.29) is 13.0 Å². The van der Waals surface area contributed by atoms with Crippen molar-refractivity contribution < 1.29 is 28.9 Å². The Hall–Kier alpha value is -2.90. The van der Waals surface area contributed by atoms with Crippen LogP contribution in [-0.4, -0.2) is 44.7 Å². The molecule has 0 aliphatic carbocycles. The Morgan fingerprint density at radius 1 is 1.15 bits per heavy atom. The van der Waals surface area contributed by atoms with Gasteiger partial charge >= 0.3 is 5.97 Å². The number of aldehydes is 1. The van der Waals surface area contributed by atoms with Gasteiger partial charge in [0.05, 0.1) is 27.9 Å². The van der Waals surface area contributed by atoms with Crippen LogP contribution < -0.4 is 15.2 Å². The molecule has 0 spiro atoms. The number of hydrogen-bond donors (Lipinski definition) is 2. The Bertz CT molecular complexity index is 833. The molecule has 0 fully saturated rings. The van der Waals surface area contributed by atoms with E-state index in [1.165, 1.54) is 21.3 Å². The van der Waals surface area contributed by atoms with Crippen molar-refractivity contribution in [3.8, 4) is 22.6 Å². The van der Waals surface area contributed by atoms with Crippen LogP contribution in [0.3, 0.4) is 0 Å². The van der Waals surface area contributed by atoms with Crippen molar-refractivity contribution in [2.75, 3.05) is 21.3 Å². The van der Waals surface area contributed by atoms with Crippen LogP contribution in [0.1, 0.15) is 21.5 Å². The Labute approximate surface area is 157 Å². The van der Waals surface area contributed by atoms with Crippen LogP contribution in [-0.2, 0) is 22.6 Å². The van der Waals surface area contributed by atoms with Gasteiger partial charge in [0.25, 0.3) is 0 Å². The van der Waals surface area contributed by atoms with Gasteiger partial charge in [-0.05, 0) is 36.2 Å². The molecule has 0 amide bonds. The lowest BCUT2D eigenvalue weighted by Crippen LogP contribution is -2.33. The zero-order chi connectivity index (χ0) is 20.0. The molecule has 0 aliphatic rings. The number of methoxy groups -OCH3 is 3. The van der Waals surface area contributed by atoms with Gasteiger partial charge < -0.3 is 25.1 Å². The standard InChI is InChI=1S/C20H23NO6/c1-25-18-5-4-12(9-17(21)20(24)27-3)7-15(18)16-8-13(10-22)6-14(11-23)19(16)26-2/h4-8,10,17,23H,9,11,21H2,1-3H3. The number of rotatable bonds is 8. The first-order chi connectivity index (χ1) is 13.0. The van der Waals surface area contributed by atoms with Gasteiger partial charge in [-0.1, -0.05) is 6.07 Å². The molecule has 2 aromatic carbocycles. The van der Waals surface area contributed by atoms with E-state index in [0.29, 0.717) is 40.0 Å². The zero-order valence-corrected chi connectivity index (χ0v) is 15.5. The predicted molar refractivity (Wildman–Crippen MR) is 100.0 cm³/mol. The number of aliphatic hydroxyl groups is 1. The van der Waals surface area contributed by atoms with Gasteiger partial charge in [-0.3, -0.25) is 9.59 Å². The Balaban J connectivity index is 2.61. The molecule has 27 heavy (non-hydrogen) atoms. The quantitative estimate of drug-likeness (QED) is 0.536. The lowest BCUT2D eigenvalue weighted by Gasteiger charge is -2.17. The number of hydrogen-bond acceptors (Lipinski definition) is 7. The number of aliphatic hydroxyl groups excluding tert-OH is 1. The van der Waals surface area contributed by atoms with Gasteiger partial charge in [0.1, 0.15) is 23.8 Å². The molecule has 0 saturated carbocycles. The summed E-state index contributed by atoms with van der Waals surface area (Å²) in [4.78, 5) is 22.9. The van der Waals surface area contributed by atoms with E-state index in [2.05, 4.69) is 4.74 Å². The highest BCUT2D eigenvalue weighted by Crippen LogP contribution is 2.40. The van der Waals surface area contributed by atoms with Crippen molar-refractivity contribution in [2.24, 2.45) is 5.73 Å². The van der Waals surface area contributed by atoms with Crippen LogP contribution in [0, 0.1) is 0 Å². The van der Waals surface area contributed by atoms with Crippen molar-refractivity contribution in [3.63, 3.8) is 0 Å². The zero-order valence-electron chi connectivity index (χ0n) is 15.5. The van der Waals surface area contributed by atoms with Crippen molar-refractivity contribution in [2.45, 2.75) is 19.1 Å². The first kappa shape index (κ1) is 20.4. The van der Waals surface area contributed by atoms with Crippen LogP contribution in [0.5, 0.6) is 11.5 Å². The fourth-order valence-corrected chi connectivity index (χ4v) is 2.92. The summed E-state index contributed by atoms with van der Waals surface area (Å²) in [5, 5.41) is 9.63. The normalized spacial score (nSPS) is 11.6. The predicted octanol–water partition coefficient (Wildman–Crippen LogP) is 1.72. The van der Waals surface area contributed by atoms with E-state index < -0.39 is 12.0 Å². The van der Waals surface area contributed by atoms with E-state index in [0.717, 1.165) is 5.56 Å². The van der Waals surface area contributed by atoms with Gasteiger partial charge in [0.15, 0.2) is 0 Å². The van der Waals surface area contributed by atoms with Gasteiger partial charge in [-0.25, -0.2) is 0 Å². The smallest absolute Gasteiger partial charge is 0.322 e. The maximum absolute atomic E-state index is 11.6. The highest BCUT2D eigenvalue weighted by molar-refractivity contribution is 5.85. The van der Waals surface area contributed by atoms with Crippen LogP contribution >= 0.6 is 0 Å². The van der Waals surface area contributed by atoms with Crippen molar-refractivity contribution >= 4 is 12.3 Å². The molecule has 0 bridgehead atoms. The molecular weight excluding hydrogens is 350 g/mol. The maximum Gasteiger partial charge on any atom is 0.322 e. The highest BCUT2D eigenvalue weighted by Gasteiger charge is 2.19. The van der Waals surface area contributed by atoms with Crippen LogP contribution in [0.15, 0.2) is 30.3 Å². The summed E-state index contributed by atoms with van der Waals surface area (Å²) in [5.41, 5.74) is 8.77. The fraction of sp³-hybridized carbons (Fsp3) is 0.300. The summed E-state index contributed by atoms with van der Waals surface area (Å²) >= 11 is 0. The third-order valence-corrected chi connectivity index (χ3v) is 4.21. The minimum absolute atomic E-state index is 0.270. The van der Waals surface area contributed by atoms with Crippen molar-refractivity contribution in [1.82, 2.24) is 0 Å². The fourth-order valence-electron chi connectivity index (χ4n) is 2.92. The summed E-state index contributed by atoms with van der Waals surface area (Å²) in [5.74, 6) is 0.488. The Morgan fingerprint density at radius 2 is 1.89 bits per heavy atom. The summed E-state index contributed by atoms with van der Waals surface area (Å²) in [6.07, 6.45) is 0.970. The molecule has 0 heterocycles. The molecule has 0 radical (unpaired) electrons. The Morgan fingerprint density at radius 3 is 2.44 bits per heavy atom. The van der Waals surface area contributed by atoms with Gasteiger partial charge in [0, 0.05) is 22.3 Å². The molecule has 1 unspecified atom stereocenters. The number of esters is 1. The lowest BCUT2D eigenvalue weighted by molar-refractivity contribution is -0.142. The van der Waals surface area contributed by atoms with E-state index in [9.17, 15) is 14.7 Å². The molecule has 7 nitrogen and oxygen atoms in total. The molecule has 3 N–H and O–H groups in total. The second-order valence-electron chi connectivity index (χ2n) is 5.91. The maximum atomic E-state index is 11.6. The van der Waals surface area contributed by atoms with E-state index >= 15 is 0 Å². The topological polar surface area (TPSA) is 108 Å². The summed E-state index contributed by atoms with van der Waals surface area (Å²) in [6.45, 7) is -0.285. The average Bonchev–Trinajstić information content (AvgIpc) is 2.71. The number of carbonyl (C=O) groups excluding carboxylic acids is 2. The number of benzene rings is 2. The molecule has 1 atom stereocenters. The third-order valence-electron chi connectivity index (χ3n) is 4.21. The second-order valence-corrected chi connectivity index (χ2v) is 5.91. The van der Waals surface area contributed by atoms with Gasteiger partial charge in [-0.15, -0.1) is 0 Å². The van der Waals surface area contributed by atoms with Crippen LogP contribution in [0.2, 0.25) is 0 Å². The monoisotopic (exact) mass is 373 g/mol. The largest absolute Gasteiger partial charge is 0.496 e. The van der Waals surface area contributed by atoms with E-state index in [1.807, 2.05) is 6.07 Å². The third kappa shape index (κ3) is 4.45. The first-order valence-electron chi connectivity index (χ1n) is 8.26. The minimum atomic E-state index is -0.799. The van der Waals surface area contributed by atoms with Crippen molar-refractivity contribution in [3.05, 3.63) is 47.0 Å². The SMILES string of the molecule is COC(=O)C(N)Cc1ccc(OC)c(-c2cc(C=O)cc(CO)c2OC)c1. The average molecular weight is 373 g/mol. The van der Waals surface area contributed by atoms with Crippen molar-refractivity contribution in [1.29, 1.82) is 0 Å². The number of carbonyl (C=O) groups is 2. The molecule has 0 aromatic heterocycles.